The highest BCUT2D eigenvalue weighted by molar-refractivity contribution is 5.94. The summed E-state index contributed by atoms with van der Waals surface area (Å²) in [6.07, 6.45) is 2.09. The monoisotopic (exact) mass is 431 g/mol. The van der Waals surface area contributed by atoms with E-state index < -0.39 is 48.4 Å². The maximum Gasteiger partial charge on any atom is 0.322 e. The van der Waals surface area contributed by atoms with E-state index in [1.54, 1.807) is 20.0 Å². The molecule has 7 N–H and O–H groups in total. The van der Waals surface area contributed by atoms with Crippen LogP contribution in [-0.4, -0.2) is 58.5 Å². The normalized spacial score (nSPS) is 14.0. The number of rotatable bonds is 10. The number of carboxylic acids is 1. The van der Waals surface area contributed by atoms with Crippen molar-refractivity contribution in [2.75, 3.05) is 6.54 Å². The van der Waals surface area contributed by atoms with Crippen LogP contribution in [0.25, 0.3) is 10.9 Å². The number of benzene rings is 1. The van der Waals surface area contributed by atoms with Crippen molar-refractivity contribution in [2.45, 2.75) is 45.3 Å². The van der Waals surface area contributed by atoms with Crippen molar-refractivity contribution < 1.29 is 24.3 Å². The molecular formula is C21H29N5O5. The second kappa shape index (κ2) is 10.6. The van der Waals surface area contributed by atoms with Crippen molar-refractivity contribution in [2.24, 2.45) is 11.7 Å². The smallest absolute Gasteiger partial charge is 0.322 e. The molecule has 3 amide bonds. The summed E-state index contributed by atoms with van der Waals surface area (Å²) in [6.45, 7) is 4.36. The molecule has 0 radical (unpaired) electrons. The summed E-state index contributed by atoms with van der Waals surface area (Å²) in [5.41, 5.74) is 7.87. The molecule has 0 aliphatic rings. The Bertz CT molecular complexity index is 955. The molecule has 31 heavy (non-hydrogen) atoms. The molecule has 0 bridgehead atoms. The highest BCUT2D eigenvalue weighted by atomic mass is 16.4. The van der Waals surface area contributed by atoms with Gasteiger partial charge in [-0.05, 0) is 30.9 Å². The van der Waals surface area contributed by atoms with Crippen LogP contribution in [0.3, 0.4) is 0 Å². The first kappa shape index (κ1) is 23.9. The molecule has 0 spiro atoms. The van der Waals surface area contributed by atoms with Crippen molar-refractivity contribution in [1.82, 2.24) is 20.9 Å². The number of H-pyrrole nitrogens is 1. The Kier molecular flexibility index (Phi) is 8.14. The van der Waals surface area contributed by atoms with Gasteiger partial charge in [-0.25, -0.2) is 0 Å². The second-order valence-electron chi connectivity index (χ2n) is 7.74. The fourth-order valence-electron chi connectivity index (χ4n) is 3.10. The first-order chi connectivity index (χ1) is 14.6. The molecule has 3 atom stereocenters. The Morgan fingerprint density at radius 3 is 2.35 bits per heavy atom. The lowest BCUT2D eigenvalue weighted by atomic mass is 10.0. The van der Waals surface area contributed by atoms with E-state index in [9.17, 15) is 19.2 Å². The maximum absolute atomic E-state index is 12.5. The van der Waals surface area contributed by atoms with Crippen LogP contribution in [0.5, 0.6) is 0 Å². The third-order valence-corrected chi connectivity index (χ3v) is 4.86. The van der Waals surface area contributed by atoms with E-state index in [2.05, 4.69) is 20.9 Å². The van der Waals surface area contributed by atoms with Gasteiger partial charge in [0, 0.05) is 17.1 Å². The molecule has 0 fully saturated rings. The van der Waals surface area contributed by atoms with Crippen LogP contribution < -0.4 is 21.7 Å². The largest absolute Gasteiger partial charge is 0.480 e. The van der Waals surface area contributed by atoms with Crippen molar-refractivity contribution in [3.05, 3.63) is 36.0 Å². The lowest BCUT2D eigenvalue weighted by Crippen LogP contribution is -2.56. The molecule has 3 unspecified atom stereocenters. The van der Waals surface area contributed by atoms with E-state index in [0.29, 0.717) is 0 Å². The minimum atomic E-state index is -1.19. The van der Waals surface area contributed by atoms with E-state index in [4.69, 9.17) is 10.8 Å². The molecule has 168 valence electrons. The fraction of sp³-hybridized carbons (Fsp3) is 0.429. The SMILES string of the molecule is CC(NC(=O)C(N)Cc1c[nH]c2ccccc12)C(=O)NC(C(=O)NCC(=O)O)C(C)C. The summed E-state index contributed by atoms with van der Waals surface area (Å²) in [7, 11) is 0. The van der Waals surface area contributed by atoms with Gasteiger partial charge in [0.05, 0.1) is 6.04 Å². The number of fused-ring (bicyclic) bond motifs is 1. The summed E-state index contributed by atoms with van der Waals surface area (Å²) < 4.78 is 0. The minimum Gasteiger partial charge on any atom is -0.480 e. The predicted octanol–water partition coefficient (Wildman–Crippen LogP) is -0.116. The average molecular weight is 431 g/mol. The van der Waals surface area contributed by atoms with E-state index in [1.807, 2.05) is 24.3 Å². The zero-order valence-corrected chi connectivity index (χ0v) is 17.8. The number of carbonyl (C=O) groups excluding carboxylic acids is 3. The molecule has 1 aromatic heterocycles. The Morgan fingerprint density at radius 2 is 1.71 bits per heavy atom. The van der Waals surface area contributed by atoms with Crippen molar-refractivity contribution >= 4 is 34.6 Å². The topological polar surface area (TPSA) is 166 Å². The van der Waals surface area contributed by atoms with E-state index in [-0.39, 0.29) is 12.3 Å². The van der Waals surface area contributed by atoms with Gasteiger partial charge in [-0.3, -0.25) is 19.2 Å². The molecule has 10 heteroatoms. The number of nitrogens with one attached hydrogen (secondary N) is 4. The standard InChI is InChI=1S/C21H29N5O5/c1-11(2)18(21(31)24-10-17(27)28)26-19(29)12(3)25-20(30)15(22)8-13-9-23-16-7-5-4-6-14(13)16/h4-7,9,11-12,15,18,23H,8,10,22H2,1-3H3,(H,24,31)(H,25,30)(H,26,29)(H,27,28). The summed E-state index contributed by atoms with van der Waals surface area (Å²) in [6, 6.07) is 4.92. The molecule has 1 aromatic carbocycles. The number of aromatic nitrogens is 1. The molecule has 0 aliphatic heterocycles. The fourth-order valence-corrected chi connectivity index (χ4v) is 3.10. The first-order valence-corrected chi connectivity index (χ1v) is 10.0. The van der Waals surface area contributed by atoms with Crippen molar-refractivity contribution in [3.63, 3.8) is 0 Å². The maximum atomic E-state index is 12.5. The van der Waals surface area contributed by atoms with Gasteiger partial charge in [-0.2, -0.15) is 0 Å². The lowest BCUT2D eigenvalue weighted by Gasteiger charge is -2.24. The van der Waals surface area contributed by atoms with Gasteiger partial charge >= 0.3 is 5.97 Å². The number of carboxylic acid groups (broad SMARTS) is 1. The van der Waals surface area contributed by atoms with Gasteiger partial charge < -0.3 is 31.8 Å². The van der Waals surface area contributed by atoms with Crippen LogP contribution in [0.2, 0.25) is 0 Å². The molecule has 0 saturated carbocycles. The Balaban J connectivity index is 1.93. The van der Waals surface area contributed by atoms with Crippen LogP contribution in [0, 0.1) is 5.92 Å². The Labute approximate surface area is 179 Å². The number of aromatic amines is 1. The molecule has 0 aliphatic carbocycles. The molecular weight excluding hydrogens is 402 g/mol. The first-order valence-electron chi connectivity index (χ1n) is 10.0. The third-order valence-electron chi connectivity index (χ3n) is 4.86. The molecule has 2 rings (SSSR count). The van der Waals surface area contributed by atoms with Gasteiger partial charge in [-0.1, -0.05) is 32.0 Å². The number of aliphatic carboxylic acids is 1. The van der Waals surface area contributed by atoms with Crippen LogP contribution in [0.15, 0.2) is 30.5 Å². The van der Waals surface area contributed by atoms with Gasteiger partial charge in [-0.15, -0.1) is 0 Å². The zero-order valence-electron chi connectivity index (χ0n) is 17.8. The highest BCUT2D eigenvalue weighted by Crippen LogP contribution is 2.18. The number of hydrogen-bond acceptors (Lipinski definition) is 5. The van der Waals surface area contributed by atoms with Crippen molar-refractivity contribution in [1.29, 1.82) is 0 Å². The Hall–Kier alpha value is -3.40. The van der Waals surface area contributed by atoms with E-state index in [1.165, 1.54) is 6.92 Å². The molecule has 2 aromatic rings. The van der Waals surface area contributed by atoms with Gasteiger partial charge in [0.2, 0.25) is 17.7 Å². The summed E-state index contributed by atoms with van der Waals surface area (Å²) in [5, 5.41) is 17.0. The molecule has 1 heterocycles. The summed E-state index contributed by atoms with van der Waals surface area (Å²) >= 11 is 0. The predicted molar refractivity (Wildman–Crippen MR) is 115 cm³/mol. The highest BCUT2D eigenvalue weighted by Gasteiger charge is 2.28. The van der Waals surface area contributed by atoms with Crippen LogP contribution in [0.1, 0.15) is 26.3 Å². The van der Waals surface area contributed by atoms with Crippen LogP contribution in [-0.2, 0) is 25.6 Å². The van der Waals surface area contributed by atoms with E-state index in [0.717, 1.165) is 16.5 Å². The molecule has 0 saturated heterocycles. The third kappa shape index (κ3) is 6.54. The minimum absolute atomic E-state index is 0.287. The number of hydrogen-bond donors (Lipinski definition) is 6. The van der Waals surface area contributed by atoms with Gasteiger partial charge in [0.1, 0.15) is 18.6 Å². The molecule has 10 nitrogen and oxygen atoms in total. The summed E-state index contributed by atoms with van der Waals surface area (Å²) in [4.78, 5) is 50.9. The van der Waals surface area contributed by atoms with E-state index >= 15 is 0 Å². The zero-order chi connectivity index (χ0) is 23.1. The van der Waals surface area contributed by atoms with Gasteiger partial charge in [0.15, 0.2) is 0 Å². The average Bonchev–Trinajstić information content (AvgIpc) is 3.12. The van der Waals surface area contributed by atoms with Crippen molar-refractivity contribution in [3.8, 4) is 0 Å². The summed E-state index contributed by atoms with van der Waals surface area (Å²) in [5.74, 6) is -3.15. The number of carbonyl (C=O) groups is 4. The van der Waals surface area contributed by atoms with Crippen LogP contribution >= 0.6 is 0 Å². The quantitative estimate of drug-likeness (QED) is 0.307. The Morgan fingerprint density at radius 1 is 1.03 bits per heavy atom. The van der Waals surface area contributed by atoms with Gasteiger partial charge in [0.25, 0.3) is 0 Å². The van der Waals surface area contributed by atoms with Crippen LogP contribution in [0.4, 0.5) is 0 Å². The number of nitrogens with two attached hydrogens (primary N) is 1. The number of para-hydroxylation sites is 1. The second-order valence-corrected chi connectivity index (χ2v) is 7.74. The lowest BCUT2D eigenvalue weighted by molar-refractivity contribution is -0.138. The number of amides is 3.